The average molecular weight is 428 g/mol. The quantitative estimate of drug-likeness (QED) is 0.618. The Balaban J connectivity index is 1.55. The highest BCUT2D eigenvalue weighted by Gasteiger charge is 2.32. The second-order valence-corrected chi connectivity index (χ2v) is 11.1. The van der Waals surface area contributed by atoms with E-state index in [0.29, 0.717) is 25.4 Å². The molecule has 1 saturated carbocycles. The summed E-state index contributed by atoms with van der Waals surface area (Å²) in [6, 6.07) is 9.00. The van der Waals surface area contributed by atoms with Gasteiger partial charge in [0.25, 0.3) is 0 Å². The van der Waals surface area contributed by atoms with Crippen LogP contribution in [0.2, 0.25) is 0 Å². The molecule has 1 aromatic carbocycles. The van der Waals surface area contributed by atoms with Gasteiger partial charge in [0.15, 0.2) is 9.84 Å². The third kappa shape index (κ3) is 4.86. The monoisotopic (exact) mass is 427 g/mol. The molecule has 5 nitrogen and oxygen atoms in total. The molecule has 1 atom stereocenters. The van der Waals surface area contributed by atoms with Gasteiger partial charge in [-0.25, -0.2) is 8.42 Å². The van der Waals surface area contributed by atoms with Crippen LogP contribution in [-0.4, -0.2) is 47.2 Å². The highest BCUT2D eigenvalue weighted by Crippen LogP contribution is 2.34. The van der Waals surface area contributed by atoms with E-state index < -0.39 is 9.84 Å². The van der Waals surface area contributed by atoms with Crippen LogP contribution in [0.4, 0.5) is 0 Å². The van der Waals surface area contributed by atoms with Gasteiger partial charge in [-0.2, -0.15) is 5.10 Å². The third-order valence-corrected chi connectivity index (χ3v) is 8.38. The zero-order chi connectivity index (χ0) is 21.1. The van der Waals surface area contributed by atoms with Crippen LogP contribution >= 0.6 is 0 Å². The van der Waals surface area contributed by atoms with Gasteiger partial charge >= 0.3 is 0 Å². The maximum Gasteiger partial charge on any atom is 0.151 e. The fourth-order valence-corrected chi connectivity index (χ4v) is 6.80. The van der Waals surface area contributed by atoms with Gasteiger partial charge in [-0.05, 0) is 30.7 Å². The van der Waals surface area contributed by atoms with Crippen LogP contribution in [0, 0.1) is 0 Å². The third-order valence-electron chi connectivity index (χ3n) is 6.63. The molecule has 0 spiro atoms. The van der Waals surface area contributed by atoms with Crippen LogP contribution in [0.1, 0.15) is 55.6 Å². The normalized spacial score (nSPS) is 21.9. The maximum atomic E-state index is 12.0. The van der Waals surface area contributed by atoms with Crippen molar-refractivity contribution in [3.8, 4) is 11.3 Å². The van der Waals surface area contributed by atoms with Gasteiger partial charge in [0.2, 0.25) is 0 Å². The summed E-state index contributed by atoms with van der Waals surface area (Å²) >= 11 is 0. The summed E-state index contributed by atoms with van der Waals surface area (Å²) in [5.41, 5.74) is 4.69. The first-order chi connectivity index (χ1) is 14.4. The highest BCUT2D eigenvalue weighted by atomic mass is 32.2. The van der Waals surface area contributed by atoms with Crippen molar-refractivity contribution in [3.05, 3.63) is 54.2 Å². The van der Waals surface area contributed by atoms with E-state index in [2.05, 4.69) is 41.9 Å². The Hall–Kier alpha value is -1.92. The Morgan fingerprint density at radius 2 is 1.90 bits per heavy atom. The summed E-state index contributed by atoms with van der Waals surface area (Å²) in [4.78, 5) is 2.23. The molecule has 1 aliphatic heterocycles. The zero-order valence-electron chi connectivity index (χ0n) is 18.0. The summed E-state index contributed by atoms with van der Waals surface area (Å²) < 4.78 is 25.8. The molecule has 0 bridgehead atoms. The van der Waals surface area contributed by atoms with Crippen molar-refractivity contribution >= 4 is 9.84 Å². The highest BCUT2D eigenvalue weighted by molar-refractivity contribution is 7.91. The number of aryl methyl sites for hydroxylation is 1. The standard InChI is InChI=1S/C24H33N3O2S/c1-3-14-27(23-13-15-30(28,29)18-23)17-22-16-26(2)25-24(22)21-11-9-20(10-12-21)19-7-5-4-6-8-19/h3,9-12,16,19,23H,1,4-8,13-15,17-18H2,2H3/t23-/m1/s1. The second-order valence-electron chi connectivity index (χ2n) is 8.91. The molecule has 4 rings (SSSR count). The number of nitrogens with zero attached hydrogens (tertiary/aromatic N) is 3. The molecule has 2 aromatic rings. The van der Waals surface area contributed by atoms with Gasteiger partial charge in [-0.1, -0.05) is 49.6 Å². The second kappa shape index (κ2) is 9.06. The van der Waals surface area contributed by atoms with E-state index >= 15 is 0 Å². The lowest BCUT2D eigenvalue weighted by Crippen LogP contribution is -2.35. The van der Waals surface area contributed by atoms with Crippen molar-refractivity contribution < 1.29 is 8.42 Å². The molecule has 1 aliphatic carbocycles. The Labute approximate surface area is 180 Å². The first kappa shape index (κ1) is 21.3. The molecule has 1 aromatic heterocycles. The summed E-state index contributed by atoms with van der Waals surface area (Å²) in [5, 5.41) is 4.74. The van der Waals surface area contributed by atoms with E-state index in [1.165, 1.54) is 37.7 Å². The van der Waals surface area contributed by atoms with Crippen LogP contribution in [0.5, 0.6) is 0 Å². The maximum absolute atomic E-state index is 12.0. The molecule has 1 saturated heterocycles. The van der Waals surface area contributed by atoms with Gasteiger partial charge < -0.3 is 0 Å². The van der Waals surface area contributed by atoms with Gasteiger partial charge in [0, 0.05) is 43.5 Å². The largest absolute Gasteiger partial charge is 0.291 e. The number of sulfone groups is 1. The lowest BCUT2D eigenvalue weighted by molar-refractivity contribution is 0.227. The van der Waals surface area contributed by atoms with E-state index in [1.807, 2.05) is 17.8 Å². The van der Waals surface area contributed by atoms with E-state index in [4.69, 9.17) is 5.10 Å². The van der Waals surface area contributed by atoms with Crippen LogP contribution in [0.3, 0.4) is 0 Å². The van der Waals surface area contributed by atoms with Gasteiger partial charge in [0.05, 0.1) is 17.2 Å². The Morgan fingerprint density at radius 1 is 1.17 bits per heavy atom. The molecule has 0 N–H and O–H groups in total. The van der Waals surface area contributed by atoms with Gasteiger partial charge in [0.1, 0.15) is 0 Å². The molecular formula is C24H33N3O2S. The number of hydrogen-bond acceptors (Lipinski definition) is 4. The van der Waals surface area contributed by atoms with Gasteiger partial charge in [-0.15, -0.1) is 6.58 Å². The van der Waals surface area contributed by atoms with Crippen LogP contribution < -0.4 is 0 Å². The van der Waals surface area contributed by atoms with E-state index in [1.54, 1.807) is 0 Å². The average Bonchev–Trinajstić information content (AvgIpc) is 3.30. The Kier molecular flexibility index (Phi) is 6.44. The number of rotatable bonds is 7. The molecule has 0 unspecified atom stereocenters. The van der Waals surface area contributed by atoms with Crippen LogP contribution in [0.25, 0.3) is 11.3 Å². The number of hydrogen-bond donors (Lipinski definition) is 0. The van der Waals surface area contributed by atoms with Crippen molar-refractivity contribution in [2.45, 2.75) is 57.0 Å². The molecule has 162 valence electrons. The van der Waals surface area contributed by atoms with Crippen molar-refractivity contribution in [2.24, 2.45) is 7.05 Å². The molecular weight excluding hydrogens is 394 g/mol. The summed E-state index contributed by atoms with van der Waals surface area (Å²) in [6.07, 6.45) is 11.3. The predicted molar refractivity (Wildman–Crippen MR) is 122 cm³/mol. The summed E-state index contributed by atoms with van der Waals surface area (Å²) in [6.45, 7) is 5.23. The molecule has 2 heterocycles. The minimum Gasteiger partial charge on any atom is -0.291 e. The van der Waals surface area contributed by atoms with Crippen molar-refractivity contribution in [2.75, 3.05) is 18.1 Å². The van der Waals surface area contributed by atoms with Crippen LogP contribution in [-0.2, 0) is 23.4 Å². The number of aromatic nitrogens is 2. The van der Waals surface area contributed by atoms with Gasteiger partial charge in [-0.3, -0.25) is 9.58 Å². The first-order valence-electron chi connectivity index (χ1n) is 11.1. The minimum atomic E-state index is -2.92. The van der Waals surface area contributed by atoms with Crippen molar-refractivity contribution in [1.29, 1.82) is 0 Å². The van der Waals surface area contributed by atoms with Crippen molar-refractivity contribution in [1.82, 2.24) is 14.7 Å². The Bertz CT molecular complexity index is 972. The molecule has 2 fully saturated rings. The predicted octanol–water partition coefficient (Wildman–Crippen LogP) is 4.31. The minimum absolute atomic E-state index is 0.0507. The summed E-state index contributed by atoms with van der Waals surface area (Å²) in [5.74, 6) is 1.23. The smallest absolute Gasteiger partial charge is 0.151 e. The molecule has 6 heteroatoms. The lowest BCUT2D eigenvalue weighted by atomic mass is 9.84. The molecule has 2 aliphatic rings. The molecule has 0 radical (unpaired) electrons. The fourth-order valence-electron chi connectivity index (χ4n) is 5.04. The molecule has 0 amide bonds. The fraction of sp³-hybridized carbons (Fsp3) is 0.542. The van der Waals surface area contributed by atoms with E-state index in [-0.39, 0.29) is 17.5 Å². The first-order valence-corrected chi connectivity index (χ1v) is 13.0. The lowest BCUT2D eigenvalue weighted by Gasteiger charge is -2.26. The molecule has 30 heavy (non-hydrogen) atoms. The Morgan fingerprint density at radius 3 is 2.53 bits per heavy atom. The number of benzene rings is 1. The van der Waals surface area contributed by atoms with Crippen LogP contribution in [0.15, 0.2) is 43.1 Å². The summed E-state index contributed by atoms with van der Waals surface area (Å²) in [7, 11) is -0.975. The van der Waals surface area contributed by atoms with E-state index in [9.17, 15) is 8.42 Å². The zero-order valence-corrected chi connectivity index (χ0v) is 18.8. The van der Waals surface area contributed by atoms with E-state index in [0.717, 1.165) is 16.8 Å². The topological polar surface area (TPSA) is 55.2 Å². The SMILES string of the molecule is C=CCN(Cc1cn(C)nc1-c1ccc(C2CCCCC2)cc1)[C@@H]1CCS(=O)(=O)C1. The van der Waals surface area contributed by atoms with Crippen molar-refractivity contribution in [3.63, 3.8) is 0 Å².